The van der Waals surface area contributed by atoms with Crippen LogP contribution < -0.4 is 10.6 Å². The number of guanidine groups is 1. The average Bonchev–Trinajstić information content (AvgIpc) is 3.12. The normalized spacial score (nSPS) is 19.5. The van der Waals surface area contributed by atoms with Gasteiger partial charge in [-0.05, 0) is 37.5 Å². The molecular formula is C17H33IN4O2. The zero-order valence-electron chi connectivity index (χ0n) is 15.3. The van der Waals surface area contributed by atoms with E-state index in [1.165, 1.54) is 38.5 Å². The molecule has 1 amide bonds. The number of likely N-dealkylation sites (N-methyl/N-ethyl adjacent to an activating group) is 1. The molecule has 6 nitrogen and oxygen atoms in total. The van der Waals surface area contributed by atoms with Crippen molar-refractivity contribution in [2.24, 2.45) is 10.4 Å². The zero-order chi connectivity index (χ0) is 16.7. The van der Waals surface area contributed by atoms with Gasteiger partial charge in [0, 0.05) is 40.4 Å². The molecule has 0 aliphatic heterocycles. The van der Waals surface area contributed by atoms with Crippen molar-refractivity contribution in [3.63, 3.8) is 0 Å². The van der Waals surface area contributed by atoms with E-state index in [4.69, 9.17) is 4.74 Å². The van der Waals surface area contributed by atoms with Gasteiger partial charge >= 0.3 is 0 Å². The standard InChI is InChI=1S/C17H32N4O2.HI/c1-21(2)15(22)12-18-16(20-14-6-4-5-7-14)19-13-17(8-9-17)10-11-23-3;/h14H,4-13H2,1-3H3,(H2,18,19,20);1H. The summed E-state index contributed by atoms with van der Waals surface area (Å²) in [6, 6.07) is 0.491. The lowest BCUT2D eigenvalue weighted by Crippen LogP contribution is -2.45. The number of methoxy groups -OCH3 is 1. The molecule has 24 heavy (non-hydrogen) atoms. The van der Waals surface area contributed by atoms with Crippen molar-refractivity contribution < 1.29 is 9.53 Å². The highest BCUT2D eigenvalue weighted by Crippen LogP contribution is 2.48. The fourth-order valence-electron chi connectivity index (χ4n) is 2.99. The van der Waals surface area contributed by atoms with Crippen LogP contribution in [0.15, 0.2) is 4.99 Å². The maximum atomic E-state index is 11.8. The number of carbonyl (C=O) groups excluding carboxylic acids is 1. The number of amides is 1. The highest BCUT2D eigenvalue weighted by atomic mass is 127. The molecule has 0 aromatic rings. The zero-order valence-corrected chi connectivity index (χ0v) is 17.6. The van der Waals surface area contributed by atoms with Crippen molar-refractivity contribution in [3.05, 3.63) is 0 Å². The monoisotopic (exact) mass is 452 g/mol. The first-order valence-corrected chi connectivity index (χ1v) is 8.79. The first-order valence-electron chi connectivity index (χ1n) is 8.79. The Morgan fingerprint density at radius 1 is 1.29 bits per heavy atom. The Kier molecular flexibility index (Phi) is 9.33. The number of ether oxygens (including phenoxy) is 1. The lowest BCUT2D eigenvalue weighted by Gasteiger charge is -2.21. The Bertz CT molecular complexity index is 419. The summed E-state index contributed by atoms with van der Waals surface area (Å²) in [6.45, 7) is 1.91. The topological polar surface area (TPSA) is 66.0 Å². The molecular weight excluding hydrogens is 419 g/mol. The molecule has 140 valence electrons. The van der Waals surface area contributed by atoms with E-state index >= 15 is 0 Å². The van der Waals surface area contributed by atoms with E-state index in [1.54, 1.807) is 26.1 Å². The highest BCUT2D eigenvalue weighted by Gasteiger charge is 2.42. The number of aliphatic imine (C=N–C) groups is 1. The van der Waals surface area contributed by atoms with Gasteiger partial charge in [0.25, 0.3) is 0 Å². The van der Waals surface area contributed by atoms with E-state index in [0.29, 0.717) is 11.5 Å². The Hall–Kier alpha value is -0.570. The van der Waals surface area contributed by atoms with Crippen LogP contribution >= 0.6 is 24.0 Å². The van der Waals surface area contributed by atoms with E-state index in [9.17, 15) is 4.79 Å². The minimum Gasteiger partial charge on any atom is -0.385 e. The average molecular weight is 452 g/mol. The number of carbonyl (C=O) groups is 1. The summed E-state index contributed by atoms with van der Waals surface area (Å²) >= 11 is 0. The van der Waals surface area contributed by atoms with Crippen LogP contribution in [-0.2, 0) is 9.53 Å². The minimum atomic E-state index is 0. The SMILES string of the molecule is COCCC1(CNC(=NCC(=O)N(C)C)NC2CCCC2)CC1.I. The van der Waals surface area contributed by atoms with Crippen LogP contribution in [0.3, 0.4) is 0 Å². The molecule has 0 unspecified atom stereocenters. The number of rotatable bonds is 8. The van der Waals surface area contributed by atoms with Crippen LogP contribution in [0.5, 0.6) is 0 Å². The third-order valence-corrected chi connectivity index (χ3v) is 4.99. The number of halogens is 1. The Morgan fingerprint density at radius 3 is 2.50 bits per heavy atom. The quantitative estimate of drug-likeness (QED) is 0.336. The van der Waals surface area contributed by atoms with Gasteiger partial charge in [0.05, 0.1) is 0 Å². The minimum absolute atomic E-state index is 0. The van der Waals surface area contributed by atoms with Crippen LogP contribution in [0.25, 0.3) is 0 Å². The second-order valence-electron chi connectivity index (χ2n) is 7.18. The molecule has 0 spiro atoms. The van der Waals surface area contributed by atoms with Gasteiger partial charge in [0.1, 0.15) is 6.54 Å². The molecule has 2 rings (SSSR count). The Morgan fingerprint density at radius 2 is 1.96 bits per heavy atom. The maximum absolute atomic E-state index is 11.8. The Labute approximate surface area is 163 Å². The van der Waals surface area contributed by atoms with Crippen molar-refractivity contribution in [2.45, 2.75) is 51.0 Å². The van der Waals surface area contributed by atoms with E-state index < -0.39 is 0 Å². The van der Waals surface area contributed by atoms with Gasteiger partial charge in [0.15, 0.2) is 5.96 Å². The summed E-state index contributed by atoms with van der Waals surface area (Å²) in [7, 11) is 5.28. The van der Waals surface area contributed by atoms with Gasteiger partial charge in [-0.2, -0.15) is 0 Å². The molecule has 0 aromatic heterocycles. The lowest BCUT2D eigenvalue weighted by molar-refractivity contribution is -0.127. The van der Waals surface area contributed by atoms with Crippen LogP contribution in [0.4, 0.5) is 0 Å². The largest absolute Gasteiger partial charge is 0.385 e. The predicted molar refractivity (Wildman–Crippen MR) is 108 cm³/mol. The van der Waals surface area contributed by atoms with Crippen LogP contribution in [-0.4, -0.2) is 63.7 Å². The third-order valence-electron chi connectivity index (χ3n) is 4.99. The summed E-state index contributed by atoms with van der Waals surface area (Å²) in [5, 5.41) is 6.97. The van der Waals surface area contributed by atoms with Gasteiger partial charge in [-0.15, -0.1) is 24.0 Å². The fraction of sp³-hybridized carbons (Fsp3) is 0.882. The van der Waals surface area contributed by atoms with E-state index in [-0.39, 0.29) is 36.4 Å². The summed E-state index contributed by atoms with van der Waals surface area (Å²) in [5.74, 6) is 0.814. The molecule has 0 heterocycles. The first kappa shape index (κ1) is 21.5. The van der Waals surface area contributed by atoms with Crippen LogP contribution in [0.1, 0.15) is 44.9 Å². The van der Waals surface area contributed by atoms with Gasteiger partial charge in [-0.25, -0.2) is 4.99 Å². The molecule has 2 N–H and O–H groups in total. The van der Waals surface area contributed by atoms with Gasteiger partial charge < -0.3 is 20.3 Å². The maximum Gasteiger partial charge on any atom is 0.243 e. The molecule has 0 saturated heterocycles. The molecule has 7 heteroatoms. The van der Waals surface area contributed by atoms with Gasteiger partial charge in [0.2, 0.25) is 5.91 Å². The predicted octanol–water partition coefficient (Wildman–Crippen LogP) is 1.99. The third kappa shape index (κ3) is 7.13. The number of hydrogen-bond acceptors (Lipinski definition) is 3. The molecule has 2 aliphatic rings. The molecule has 2 saturated carbocycles. The number of hydrogen-bond donors (Lipinski definition) is 2. The smallest absolute Gasteiger partial charge is 0.243 e. The number of nitrogens with one attached hydrogen (secondary N) is 2. The van der Waals surface area contributed by atoms with Crippen molar-refractivity contribution in [2.75, 3.05) is 40.9 Å². The van der Waals surface area contributed by atoms with Crippen molar-refractivity contribution >= 4 is 35.8 Å². The first-order chi connectivity index (χ1) is 11.0. The van der Waals surface area contributed by atoms with Crippen LogP contribution in [0, 0.1) is 5.41 Å². The summed E-state index contributed by atoms with van der Waals surface area (Å²) in [4.78, 5) is 17.9. The van der Waals surface area contributed by atoms with Crippen molar-refractivity contribution in [1.29, 1.82) is 0 Å². The second kappa shape index (κ2) is 10.4. The highest BCUT2D eigenvalue weighted by molar-refractivity contribution is 14.0. The summed E-state index contributed by atoms with van der Waals surface area (Å²) < 4.78 is 5.21. The second-order valence-corrected chi connectivity index (χ2v) is 7.18. The molecule has 2 aliphatic carbocycles. The van der Waals surface area contributed by atoms with Gasteiger partial charge in [-0.3, -0.25) is 4.79 Å². The molecule has 0 aromatic carbocycles. The van der Waals surface area contributed by atoms with Crippen molar-refractivity contribution in [1.82, 2.24) is 15.5 Å². The van der Waals surface area contributed by atoms with Crippen molar-refractivity contribution in [3.8, 4) is 0 Å². The summed E-state index contributed by atoms with van der Waals surface area (Å²) in [6.07, 6.45) is 8.52. The molecule has 2 fully saturated rings. The molecule has 0 atom stereocenters. The van der Waals surface area contributed by atoms with E-state index in [2.05, 4.69) is 15.6 Å². The van der Waals surface area contributed by atoms with E-state index in [0.717, 1.165) is 25.5 Å². The molecule has 0 radical (unpaired) electrons. The fourth-order valence-corrected chi connectivity index (χ4v) is 2.99. The number of nitrogens with zero attached hydrogens (tertiary/aromatic N) is 2. The van der Waals surface area contributed by atoms with Gasteiger partial charge in [-0.1, -0.05) is 12.8 Å². The van der Waals surface area contributed by atoms with E-state index in [1.807, 2.05) is 0 Å². The summed E-state index contributed by atoms with van der Waals surface area (Å²) in [5.41, 5.74) is 0.361. The lowest BCUT2D eigenvalue weighted by atomic mass is 10.0. The molecule has 0 bridgehead atoms. The van der Waals surface area contributed by atoms with Crippen LogP contribution in [0.2, 0.25) is 0 Å². The Balaban J connectivity index is 0.00000288.